The Morgan fingerprint density at radius 1 is 1.50 bits per heavy atom. The van der Waals surface area contributed by atoms with Gasteiger partial charge in [0.25, 0.3) is 0 Å². The summed E-state index contributed by atoms with van der Waals surface area (Å²) in [5, 5.41) is 0. The van der Waals surface area contributed by atoms with Crippen molar-refractivity contribution in [3.05, 3.63) is 0 Å². The predicted molar refractivity (Wildman–Crippen MR) is 67.8 cm³/mol. The Balaban J connectivity index is 1.90. The number of hydrogen-bond acceptors (Lipinski definition) is 3. The van der Waals surface area contributed by atoms with E-state index < -0.39 is 0 Å². The first-order valence-corrected chi connectivity index (χ1v) is 7.56. The van der Waals surface area contributed by atoms with Gasteiger partial charge in [-0.15, -0.1) is 0 Å². The number of carbonyl (C=O) groups excluding carboxylic acids is 1. The molecule has 2 rings (SSSR count). The van der Waals surface area contributed by atoms with Crippen LogP contribution < -0.4 is 0 Å². The maximum Gasteiger partial charge on any atom is 0.122 e. The fraction of sp³-hybridized carbons (Fsp3) is 0.923. The zero-order chi connectivity index (χ0) is 11.4. The van der Waals surface area contributed by atoms with E-state index in [1.165, 1.54) is 30.8 Å². The molecule has 2 unspecified atom stereocenters. The number of thioether (sulfide) groups is 1. The van der Waals surface area contributed by atoms with E-state index in [0.717, 1.165) is 25.7 Å². The lowest BCUT2D eigenvalue weighted by atomic mass is 9.78. The van der Waals surface area contributed by atoms with Gasteiger partial charge < -0.3 is 9.53 Å². The maximum absolute atomic E-state index is 10.7. The fourth-order valence-electron chi connectivity index (χ4n) is 3.00. The van der Waals surface area contributed by atoms with Gasteiger partial charge >= 0.3 is 0 Å². The highest BCUT2D eigenvalue weighted by Crippen LogP contribution is 2.41. The molecule has 0 saturated carbocycles. The van der Waals surface area contributed by atoms with Gasteiger partial charge in [-0.1, -0.05) is 6.92 Å². The molecular weight excluding hydrogens is 220 g/mol. The molecule has 2 heterocycles. The van der Waals surface area contributed by atoms with Crippen LogP contribution in [0, 0.1) is 11.8 Å². The molecule has 0 aliphatic carbocycles. The first-order chi connectivity index (χ1) is 7.74. The average molecular weight is 242 g/mol. The Labute approximate surface area is 103 Å². The predicted octanol–water partition coefficient (Wildman–Crippen LogP) is 2.90. The Kier molecular flexibility index (Phi) is 4.31. The smallest absolute Gasteiger partial charge is 0.122 e. The summed E-state index contributed by atoms with van der Waals surface area (Å²) >= 11 is 2.05. The Morgan fingerprint density at radius 3 is 2.94 bits per heavy atom. The lowest BCUT2D eigenvalue weighted by Crippen LogP contribution is -2.43. The molecule has 2 aliphatic heterocycles. The zero-order valence-electron chi connectivity index (χ0n) is 10.1. The summed E-state index contributed by atoms with van der Waals surface area (Å²) in [5.41, 5.74) is 0.177. The van der Waals surface area contributed by atoms with Crippen LogP contribution in [-0.4, -0.2) is 30.0 Å². The highest BCUT2D eigenvalue weighted by Gasteiger charge is 2.38. The summed E-state index contributed by atoms with van der Waals surface area (Å²) in [5.74, 6) is 3.42. The lowest BCUT2D eigenvalue weighted by Gasteiger charge is -2.43. The van der Waals surface area contributed by atoms with E-state index in [9.17, 15) is 4.79 Å². The molecule has 2 nitrogen and oxygen atoms in total. The van der Waals surface area contributed by atoms with Crippen LogP contribution in [0.3, 0.4) is 0 Å². The summed E-state index contributed by atoms with van der Waals surface area (Å²) in [6.45, 7) is 2.94. The molecule has 0 bridgehead atoms. The monoisotopic (exact) mass is 242 g/mol. The molecule has 0 radical (unpaired) electrons. The standard InChI is InChI=1S/C13H22O2S/c1-11(10-14)8-12-2-5-15-13(9-12)3-6-16-7-4-13/h10-12H,2-9H2,1H3. The quantitative estimate of drug-likeness (QED) is 0.712. The third kappa shape index (κ3) is 3.01. The van der Waals surface area contributed by atoms with Crippen molar-refractivity contribution in [1.82, 2.24) is 0 Å². The highest BCUT2D eigenvalue weighted by atomic mass is 32.2. The number of hydrogen-bond donors (Lipinski definition) is 0. The number of aldehydes is 1. The first-order valence-electron chi connectivity index (χ1n) is 6.41. The molecule has 2 saturated heterocycles. The molecule has 0 aromatic heterocycles. The van der Waals surface area contributed by atoms with Gasteiger partial charge in [0.1, 0.15) is 6.29 Å². The van der Waals surface area contributed by atoms with Crippen LogP contribution in [0.15, 0.2) is 0 Å². The van der Waals surface area contributed by atoms with Gasteiger partial charge in [0, 0.05) is 12.5 Å². The molecule has 0 aromatic rings. The van der Waals surface area contributed by atoms with E-state index in [-0.39, 0.29) is 11.5 Å². The molecule has 16 heavy (non-hydrogen) atoms. The maximum atomic E-state index is 10.7. The van der Waals surface area contributed by atoms with Crippen molar-refractivity contribution in [1.29, 1.82) is 0 Å². The normalized spacial score (nSPS) is 31.2. The van der Waals surface area contributed by atoms with Gasteiger partial charge in [-0.25, -0.2) is 0 Å². The Hall–Kier alpha value is -0.0200. The van der Waals surface area contributed by atoms with Crippen LogP contribution in [-0.2, 0) is 9.53 Å². The molecule has 2 aliphatic rings. The summed E-state index contributed by atoms with van der Waals surface area (Å²) < 4.78 is 6.05. The van der Waals surface area contributed by atoms with Crippen LogP contribution in [0.1, 0.15) is 39.0 Å². The van der Waals surface area contributed by atoms with E-state index in [4.69, 9.17) is 4.74 Å². The minimum atomic E-state index is 0.177. The van der Waals surface area contributed by atoms with Gasteiger partial charge in [-0.05, 0) is 49.5 Å². The number of ether oxygens (including phenoxy) is 1. The van der Waals surface area contributed by atoms with E-state index in [0.29, 0.717) is 5.92 Å². The van der Waals surface area contributed by atoms with Gasteiger partial charge in [-0.2, -0.15) is 11.8 Å². The van der Waals surface area contributed by atoms with E-state index >= 15 is 0 Å². The van der Waals surface area contributed by atoms with E-state index in [1.54, 1.807) is 0 Å². The van der Waals surface area contributed by atoms with Gasteiger partial charge in [0.05, 0.1) is 5.60 Å². The molecule has 2 atom stereocenters. The molecular formula is C13H22O2S. The van der Waals surface area contributed by atoms with Gasteiger partial charge in [0.2, 0.25) is 0 Å². The topological polar surface area (TPSA) is 26.3 Å². The van der Waals surface area contributed by atoms with E-state index in [2.05, 4.69) is 0 Å². The summed E-state index contributed by atoms with van der Waals surface area (Å²) in [6, 6.07) is 0. The van der Waals surface area contributed by atoms with Crippen molar-refractivity contribution >= 4 is 18.0 Å². The van der Waals surface area contributed by atoms with Gasteiger partial charge in [0.15, 0.2) is 0 Å². The Bertz CT molecular complexity index is 231. The summed E-state index contributed by atoms with van der Waals surface area (Å²) in [4.78, 5) is 10.7. The van der Waals surface area contributed by atoms with Gasteiger partial charge in [-0.3, -0.25) is 0 Å². The van der Waals surface area contributed by atoms with Crippen LogP contribution in [0.25, 0.3) is 0 Å². The highest BCUT2D eigenvalue weighted by molar-refractivity contribution is 7.99. The summed E-state index contributed by atoms with van der Waals surface area (Å²) in [6.07, 6.45) is 6.91. The molecule has 0 amide bonds. The largest absolute Gasteiger partial charge is 0.375 e. The molecule has 92 valence electrons. The van der Waals surface area contributed by atoms with Crippen LogP contribution in [0.2, 0.25) is 0 Å². The average Bonchev–Trinajstić information content (AvgIpc) is 2.30. The van der Waals surface area contributed by atoms with Crippen LogP contribution >= 0.6 is 11.8 Å². The Morgan fingerprint density at radius 2 is 2.25 bits per heavy atom. The molecule has 2 fully saturated rings. The third-order valence-corrected chi connectivity index (χ3v) is 4.92. The molecule has 1 spiro atoms. The zero-order valence-corrected chi connectivity index (χ0v) is 10.9. The fourth-order valence-corrected chi connectivity index (χ4v) is 4.24. The van der Waals surface area contributed by atoms with Crippen molar-refractivity contribution in [2.75, 3.05) is 18.1 Å². The molecule has 0 N–H and O–H groups in total. The number of rotatable bonds is 3. The van der Waals surface area contributed by atoms with E-state index in [1.807, 2.05) is 18.7 Å². The van der Waals surface area contributed by atoms with Crippen LogP contribution in [0.5, 0.6) is 0 Å². The van der Waals surface area contributed by atoms with Crippen molar-refractivity contribution < 1.29 is 9.53 Å². The SMILES string of the molecule is CC(C=O)CC1CCOC2(CCSCC2)C1. The lowest BCUT2D eigenvalue weighted by molar-refractivity contribution is -0.115. The molecule has 3 heteroatoms. The third-order valence-electron chi connectivity index (χ3n) is 3.94. The van der Waals surface area contributed by atoms with Crippen molar-refractivity contribution in [2.45, 2.75) is 44.6 Å². The minimum Gasteiger partial charge on any atom is -0.375 e. The van der Waals surface area contributed by atoms with Crippen molar-refractivity contribution in [2.24, 2.45) is 11.8 Å². The summed E-state index contributed by atoms with van der Waals surface area (Å²) in [7, 11) is 0. The minimum absolute atomic E-state index is 0.177. The van der Waals surface area contributed by atoms with Crippen LogP contribution in [0.4, 0.5) is 0 Å². The van der Waals surface area contributed by atoms with Crippen molar-refractivity contribution in [3.8, 4) is 0 Å². The molecule has 0 aromatic carbocycles. The second-order valence-electron chi connectivity index (χ2n) is 5.35. The number of carbonyl (C=O) groups is 1. The first kappa shape index (κ1) is 12.4. The van der Waals surface area contributed by atoms with Crippen molar-refractivity contribution in [3.63, 3.8) is 0 Å². The second-order valence-corrected chi connectivity index (χ2v) is 6.58. The second kappa shape index (κ2) is 5.54.